The summed E-state index contributed by atoms with van der Waals surface area (Å²) in [6.45, 7) is 2.46. The average Bonchev–Trinajstić information content (AvgIpc) is 3.15. The van der Waals surface area contributed by atoms with Crippen molar-refractivity contribution in [1.29, 1.82) is 5.26 Å². The highest BCUT2D eigenvalue weighted by atomic mass is 35.5. The lowest BCUT2D eigenvalue weighted by atomic mass is 9.97. The molecule has 0 atom stereocenters. The van der Waals surface area contributed by atoms with Crippen LogP contribution in [-0.2, 0) is 13.6 Å². The molecular formula is C22H19ClN6O2. The number of nitrogens with zero attached hydrogens (tertiary/aromatic N) is 4. The van der Waals surface area contributed by atoms with Crippen LogP contribution < -0.4 is 16.0 Å². The van der Waals surface area contributed by atoms with Gasteiger partial charge in [-0.1, -0.05) is 17.7 Å². The summed E-state index contributed by atoms with van der Waals surface area (Å²) >= 11 is 6.58. The van der Waals surface area contributed by atoms with Crippen molar-refractivity contribution in [2.24, 2.45) is 12.8 Å². The van der Waals surface area contributed by atoms with Gasteiger partial charge < -0.3 is 10.5 Å². The second-order valence-corrected chi connectivity index (χ2v) is 7.27. The van der Waals surface area contributed by atoms with Crippen LogP contribution in [0.1, 0.15) is 18.2 Å². The van der Waals surface area contributed by atoms with E-state index in [1.165, 1.54) is 0 Å². The number of hydrogen-bond acceptors (Lipinski definition) is 6. The molecule has 0 radical (unpaired) electrons. The van der Waals surface area contributed by atoms with E-state index in [1.807, 2.05) is 19.1 Å². The van der Waals surface area contributed by atoms with Crippen molar-refractivity contribution in [2.75, 3.05) is 6.61 Å². The van der Waals surface area contributed by atoms with Gasteiger partial charge in [0.2, 0.25) is 0 Å². The van der Waals surface area contributed by atoms with E-state index >= 15 is 0 Å². The number of ether oxygens (including phenoxy) is 1. The van der Waals surface area contributed by atoms with Crippen LogP contribution in [0.2, 0.25) is 5.02 Å². The molecular weight excluding hydrogens is 416 g/mol. The van der Waals surface area contributed by atoms with Crippen molar-refractivity contribution in [3.8, 4) is 34.2 Å². The fourth-order valence-corrected chi connectivity index (χ4v) is 3.85. The number of nitrogens with one attached hydrogen (secondary N) is 1. The molecule has 2 aromatic carbocycles. The number of nitriles is 1. The second kappa shape index (κ2) is 8.22. The molecule has 4 rings (SSSR count). The number of rotatable bonds is 5. The van der Waals surface area contributed by atoms with Gasteiger partial charge >= 0.3 is 0 Å². The van der Waals surface area contributed by atoms with Crippen LogP contribution in [0.5, 0.6) is 5.75 Å². The van der Waals surface area contributed by atoms with Crippen molar-refractivity contribution < 1.29 is 4.74 Å². The highest BCUT2D eigenvalue weighted by molar-refractivity contribution is 6.33. The molecule has 0 bridgehead atoms. The van der Waals surface area contributed by atoms with Crippen LogP contribution in [0.3, 0.4) is 0 Å². The van der Waals surface area contributed by atoms with Gasteiger partial charge in [-0.05, 0) is 30.7 Å². The first-order chi connectivity index (χ1) is 15.0. The standard InChI is InChI=1S/C22H19ClN6O2/c1-3-31-20-8-18(23)16(7-13(20)9-24)21-17(11-26-29(21)2)12-4-5-14-15(6-12)19(10-25)27-28-22(14)30/h4-8,11H,3,10,25H2,1-2H3,(H,28,30). The van der Waals surface area contributed by atoms with Crippen LogP contribution in [0.25, 0.3) is 33.2 Å². The first-order valence-electron chi connectivity index (χ1n) is 9.59. The number of halogens is 1. The maximum absolute atomic E-state index is 12.2. The molecule has 31 heavy (non-hydrogen) atoms. The molecule has 0 aliphatic carbocycles. The Balaban J connectivity index is 1.94. The lowest BCUT2D eigenvalue weighted by Crippen LogP contribution is -2.13. The molecule has 0 aliphatic heterocycles. The van der Waals surface area contributed by atoms with E-state index in [0.717, 1.165) is 16.8 Å². The van der Waals surface area contributed by atoms with Crippen molar-refractivity contribution >= 4 is 22.4 Å². The van der Waals surface area contributed by atoms with Gasteiger partial charge in [0.05, 0.1) is 40.2 Å². The lowest BCUT2D eigenvalue weighted by Gasteiger charge is -2.13. The van der Waals surface area contributed by atoms with Crippen molar-refractivity contribution in [3.05, 3.63) is 63.2 Å². The normalized spacial score (nSPS) is 10.9. The number of aromatic amines is 1. The summed E-state index contributed by atoms with van der Waals surface area (Å²) in [5, 5.41) is 22.1. The topological polar surface area (TPSA) is 123 Å². The maximum Gasteiger partial charge on any atom is 0.272 e. The molecule has 0 unspecified atom stereocenters. The zero-order chi connectivity index (χ0) is 22.1. The third-order valence-corrected chi connectivity index (χ3v) is 5.37. The Morgan fingerprint density at radius 2 is 2.06 bits per heavy atom. The van der Waals surface area contributed by atoms with E-state index in [9.17, 15) is 10.1 Å². The molecule has 9 heteroatoms. The van der Waals surface area contributed by atoms with Crippen LogP contribution in [0, 0.1) is 11.3 Å². The molecule has 0 aliphatic rings. The van der Waals surface area contributed by atoms with E-state index < -0.39 is 0 Å². The van der Waals surface area contributed by atoms with E-state index in [2.05, 4.69) is 21.4 Å². The van der Waals surface area contributed by atoms with E-state index in [1.54, 1.807) is 36.1 Å². The summed E-state index contributed by atoms with van der Waals surface area (Å²) in [5.41, 5.74) is 9.50. The van der Waals surface area contributed by atoms with Gasteiger partial charge in [-0.2, -0.15) is 15.5 Å². The minimum Gasteiger partial charge on any atom is -0.492 e. The van der Waals surface area contributed by atoms with Crippen molar-refractivity contribution in [3.63, 3.8) is 0 Å². The lowest BCUT2D eigenvalue weighted by molar-refractivity contribution is 0.339. The maximum atomic E-state index is 12.2. The highest BCUT2D eigenvalue weighted by Gasteiger charge is 2.19. The molecule has 0 fully saturated rings. The SMILES string of the molecule is CCOc1cc(Cl)c(-c2c(-c3ccc4c(=O)[nH]nc(CN)c4c3)cnn2C)cc1C#N. The monoisotopic (exact) mass is 434 g/mol. The number of aromatic nitrogens is 4. The van der Waals surface area contributed by atoms with E-state index in [4.69, 9.17) is 22.1 Å². The third kappa shape index (κ3) is 3.54. The fourth-order valence-electron chi connectivity index (χ4n) is 3.61. The molecule has 0 spiro atoms. The van der Waals surface area contributed by atoms with Gasteiger partial charge in [0.1, 0.15) is 11.8 Å². The second-order valence-electron chi connectivity index (χ2n) is 6.87. The van der Waals surface area contributed by atoms with Crippen LogP contribution >= 0.6 is 11.6 Å². The van der Waals surface area contributed by atoms with E-state index in [-0.39, 0.29) is 12.1 Å². The molecule has 0 amide bonds. The molecule has 0 saturated heterocycles. The quantitative estimate of drug-likeness (QED) is 0.496. The van der Waals surface area contributed by atoms with E-state index in [0.29, 0.717) is 45.0 Å². The number of benzene rings is 2. The number of hydrogen-bond donors (Lipinski definition) is 2. The zero-order valence-electron chi connectivity index (χ0n) is 16.9. The molecule has 156 valence electrons. The summed E-state index contributed by atoms with van der Waals surface area (Å²) in [5.74, 6) is 0.436. The Morgan fingerprint density at radius 3 is 2.77 bits per heavy atom. The van der Waals surface area contributed by atoms with Crippen LogP contribution in [-0.4, -0.2) is 26.6 Å². The van der Waals surface area contributed by atoms with Gasteiger partial charge in [-0.3, -0.25) is 9.48 Å². The predicted octanol–water partition coefficient (Wildman–Crippen LogP) is 3.37. The van der Waals surface area contributed by atoms with Crippen molar-refractivity contribution in [1.82, 2.24) is 20.0 Å². The Bertz CT molecular complexity index is 1400. The number of aryl methyl sites for hydroxylation is 1. The van der Waals surface area contributed by atoms with Crippen LogP contribution in [0.15, 0.2) is 41.3 Å². The fraction of sp³-hybridized carbons (Fsp3) is 0.182. The summed E-state index contributed by atoms with van der Waals surface area (Å²) < 4.78 is 7.23. The minimum absolute atomic E-state index is 0.187. The zero-order valence-corrected chi connectivity index (χ0v) is 17.7. The summed E-state index contributed by atoms with van der Waals surface area (Å²) in [6.07, 6.45) is 1.72. The minimum atomic E-state index is -0.279. The Morgan fingerprint density at radius 1 is 1.26 bits per heavy atom. The van der Waals surface area contributed by atoms with Crippen LogP contribution in [0.4, 0.5) is 0 Å². The first-order valence-corrected chi connectivity index (χ1v) is 9.96. The Hall–Kier alpha value is -3.67. The Labute approximate surface area is 182 Å². The molecule has 8 nitrogen and oxygen atoms in total. The summed E-state index contributed by atoms with van der Waals surface area (Å²) in [4.78, 5) is 12.2. The van der Waals surface area contributed by atoms with Gasteiger partial charge in [0.15, 0.2) is 0 Å². The van der Waals surface area contributed by atoms with Gasteiger partial charge in [-0.15, -0.1) is 0 Å². The summed E-state index contributed by atoms with van der Waals surface area (Å²) in [6, 6.07) is 11.0. The first kappa shape index (κ1) is 20.6. The highest BCUT2D eigenvalue weighted by Crippen LogP contribution is 2.39. The largest absolute Gasteiger partial charge is 0.492 e. The Kier molecular flexibility index (Phi) is 5.46. The van der Waals surface area contributed by atoms with Gasteiger partial charge in [0.25, 0.3) is 5.56 Å². The number of H-pyrrole nitrogens is 1. The third-order valence-electron chi connectivity index (χ3n) is 5.06. The number of nitrogens with two attached hydrogens (primary N) is 1. The molecule has 0 saturated carbocycles. The summed E-state index contributed by atoms with van der Waals surface area (Å²) in [7, 11) is 1.80. The predicted molar refractivity (Wildman–Crippen MR) is 119 cm³/mol. The average molecular weight is 435 g/mol. The molecule has 2 aromatic heterocycles. The molecule has 3 N–H and O–H groups in total. The molecule has 2 heterocycles. The van der Waals surface area contributed by atoms with Gasteiger partial charge in [0, 0.05) is 36.2 Å². The molecule has 4 aromatic rings. The smallest absolute Gasteiger partial charge is 0.272 e. The number of fused-ring (bicyclic) bond motifs is 1. The van der Waals surface area contributed by atoms with Gasteiger partial charge in [-0.25, -0.2) is 5.10 Å². The van der Waals surface area contributed by atoms with Crippen molar-refractivity contribution in [2.45, 2.75) is 13.5 Å².